The first-order chi connectivity index (χ1) is 42.5. The molecule has 1 rings (SSSR count). The molecule has 91 heavy (non-hydrogen) atoms. The fraction of sp³-hybridized carbons (Fsp3) is 0.789. The maximum Gasteiger partial charge on any atom is 0.316 e. The van der Waals surface area contributed by atoms with Gasteiger partial charge in [0.2, 0.25) is 0 Å². The lowest BCUT2D eigenvalue weighted by Crippen LogP contribution is -2.28. The van der Waals surface area contributed by atoms with Crippen LogP contribution in [0.15, 0.2) is 42.5 Å². The smallest absolute Gasteiger partial charge is 0.316 e. The van der Waals surface area contributed by atoms with Gasteiger partial charge in [-0.15, -0.1) is 0 Å². The number of esters is 6. The molecule has 0 spiro atoms. The van der Waals surface area contributed by atoms with Gasteiger partial charge in [0.25, 0.3) is 0 Å². The Morgan fingerprint density at radius 2 is 0.681 bits per heavy atom. The predicted octanol–water partition coefficient (Wildman–Crippen LogP) is 14.4. The average molecular weight is 1300 g/mol. The molecular weight excluding hydrogens is 1170 g/mol. The molecule has 20 heteroatoms. The molecule has 1 N–H and O–H groups in total. The van der Waals surface area contributed by atoms with Crippen LogP contribution in [0, 0.1) is 49.7 Å². The number of methoxy groups -OCH3 is 4. The van der Waals surface area contributed by atoms with Crippen LogP contribution >= 0.6 is 0 Å². The Balaban J connectivity index is -0.000000183. The Hall–Kier alpha value is -5.01. The van der Waals surface area contributed by atoms with E-state index >= 15 is 0 Å². The van der Waals surface area contributed by atoms with E-state index in [1.165, 1.54) is 27.1 Å². The summed E-state index contributed by atoms with van der Waals surface area (Å²) in [7, 11) is 6.09. The number of benzene rings is 1. The summed E-state index contributed by atoms with van der Waals surface area (Å²) in [6, 6.07) is 11.3. The summed E-state index contributed by atoms with van der Waals surface area (Å²) in [6.45, 7) is 48.2. The van der Waals surface area contributed by atoms with Crippen molar-refractivity contribution in [2.45, 2.75) is 210 Å². The van der Waals surface area contributed by atoms with E-state index in [1.807, 2.05) is 157 Å². The Morgan fingerprint density at radius 1 is 0.418 bits per heavy atom. The molecule has 1 atom stereocenters. The summed E-state index contributed by atoms with van der Waals surface area (Å²) in [6.07, 6.45) is 12.4. The summed E-state index contributed by atoms with van der Waals surface area (Å²) in [5, 5.41) is 16.5. The van der Waals surface area contributed by atoms with Crippen molar-refractivity contribution in [3.8, 4) is 11.8 Å². The highest BCUT2D eigenvalue weighted by Crippen LogP contribution is 2.25. The molecule has 0 aromatic heterocycles. The van der Waals surface area contributed by atoms with Gasteiger partial charge in [0.1, 0.15) is 25.6 Å². The third-order valence-corrected chi connectivity index (χ3v) is 14.3. The van der Waals surface area contributed by atoms with Crippen LogP contribution in [0.2, 0.25) is 0 Å². The topological polar surface area (TPSA) is 257 Å². The molecule has 0 radical (unpaired) electrons. The molecule has 0 heterocycles. The lowest BCUT2D eigenvalue weighted by Gasteiger charge is -2.20. The number of nitrogens with zero attached hydrogens (tertiary/aromatic N) is 1. The highest BCUT2D eigenvalue weighted by molar-refractivity contribution is 5.78. The number of allylic oxidation sites excluding steroid dienone is 2. The zero-order chi connectivity index (χ0) is 72.0. The van der Waals surface area contributed by atoms with E-state index < -0.39 is 21.7 Å². The van der Waals surface area contributed by atoms with Crippen LogP contribution in [0.1, 0.15) is 210 Å². The second-order valence-electron chi connectivity index (χ2n) is 24.4. The molecule has 0 saturated heterocycles. The van der Waals surface area contributed by atoms with Crippen LogP contribution in [0.3, 0.4) is 0 Å². The van der Waals surface area contributed by atoms with Gasteiger partial charge in [-0.25, -0.2) is 0 Å². The van der Waals surface area contributed by atoms with Crippen molar-refractivity contribution in [2.75, 3.05) is 121 Å². The zero-order valence-electron chi connectivity index (χ0n) is 62.1. The first-order valence-corrected chi connectivity index (χ1v) is 32.4. The lowest BCUT2D eigenvalue weighted by atomic mass is 9.91. The standard InChI is InChI=1S/C15H30O6.C12H16O2.C11H22O4.C8H16O3.2C7H14O2.C6H12.C5H9N/c1-5-15(2,3)14(16)21-13-12-20-11-10-19-9-8-18-7-6-17-4;1-4-12(2,3)11(13)14-10-8-6-5-7-9-10;1-5-11(2,3)10(12)15-9-8-14-7-6-13-4;1-4-8(2,3)7(10)11-6-5-9;2*1-5-7(2,3)6(8)9-4;1-3-5-6-4-2;1-3-5(2)4-6/h5-13H2,1-4H3;5-9H,4H2,1-3H3;5-9H2,1-4H3;9H,4-6H2,1-3H3;2*5H2,1-4H3;5-6H,3-4H2,1-2H3;5H,3H2,1-2H3/b;;;;;;6-5+;. The minimum atomic E-state index is -0.425. The van der Waals surface area contributed by atoms with Crippen LogP contribution in [0.4, 0.5) is 0 Å². The molecule has 0 aliphatic rings. The second kappa shape index (κ2) is 62.4. The van der Waals surface area contributed by atoms with Crippen molar-refractivity contribution >= 4 is 35.8 Å². The molecular formula is C71H133NO19. The van der Waals surface area contributed by atoms with Crippen molar-refractivity contribution in [1.29, 1.82) is 5.26 Å². The van der Waals surface area contributed by atoms with Gasteiger partial charge in [-0.1, -0.05) is 92.7 Å². The average Bonchev–Trinajstić information content (AvgIpc) is 3.72. The Labute approximate surface area is 553 Å². The third kappa shape index (κ3) is 61.0. The zero-order valence-corrected chi connectivity index (χ0v) is 62.1. The van der Waals surface area contributed by atoms with E-state index in [0.29, 0.717) is 78.4 Å². The molecule has 1 aromatic carbocycles. The molecule has 536 valence electrons. The number of carbonyl (C=O) groups excluding carboxylic acids is 6. The predicted molar refractivity (Wildman–Crippen MR) is 362 cm³/mol. The van der Waals surface area contributed by atoms with Crippen LogP contribution in [0.25, 0.3) is 0 Å². The number of carbonyl (C=O) groups is 6. The van der Waals surface area contributed by atoms with Gasteiger partial charge >= 0.3 is 35.8 Å². The quantitative estimate of drug-likeness (QED) is 0.0215. The van der Waals surface area contributed by atoms with E-state index in [4.69, 9.17) is 57.7 Å². The molecule has 0 amide bonds. The summed E-state index contributed by atoms with van der Waals surface area (Å²) in [5.41, 5.74) is -2.27. The molecule has 1 unspecified atom stereocenters. The number of ether oxygens (including phenoxy) is 12. The largest absolute Gasteiger partial charge is 0.469 e. The molecule has 0 aliphatic carbocycles. The van der Waals surface area contributed by atoms with Gasteiger partial charge < -0.3 is 61.9 Å². The molecule has 0 saturated carbocycles. The fourth-order valence-corrected chi connectivity index (χ4v) is 4.62. The minimum Gasteiger partial charge on any atom is -0.469 e. The van der Waals surface area contributed by atoms with Gasteiger partial charge in [-0.05, 0) is 160 Å². The van der Waals surface area contributed by atoms with E-state index in [9.17, 15) is 28.8 Å². The number of para-hydroxylation sites is 1. The fourth-order valence-electron chi connectivity index (χ4n) is 4.62. The molecule has 20 nitrogen and oxygen atoms in total. The Bertz CT molecular complexity index is 1940. The van der Waals surface area contributed by atoms with E-state index in [2.05, 4.69) is 41.5 Å². The Kier molecular flexibility index (Phi) is 68.3. The van der Waals surface area contributed by atoms with Crippen LogP contribution in [-0.2, 0) is 80.9 Å². The Morgan fingerprint density at radius 3 is 0.901 bits per heavy atom. The van der Waals surface area contributed by atoms with E-state index in [1.54, 1.807) is 26.4 Å². The summed E-state index contributed by atoms with van der Waals surface area (Å²) >= 11 is 0. The lowest BCUT2D eigenvalue weighted by molar-refractivity contribution is -0.156. The summed E-state index contributed by atoms with van der Waals surface area (Å²) in [4.78, 5) is 67.6. The number of aliphatic hydroxyl groups excluding tert-OH is 1. The molecule has 0 fully saturated rings. The maximum absolute atomic E-state index is 11.7. The highest BCUT2D eigenvalue weighted by Gasteiger charge is 2.30. The van der Waals surface area contributed by atoms with Gasteiger partial charge in [0.05, 0.1) is 125 Å². The monoisotopic (exact) mass is 1300 g/mol. The van der Waals surface area contributed by atoms with Crippen LogP contribution in [-0.4, -0.2) is 162 Å². The van der Waals surface area contributed by atoms with Crippen molar-refractivity contribution < 1.29 is 90.7 Å². The first-order valence-electron chi connectivity index (χ1n) is 32.4. The van der Waals surface area contributed by atoms with Gasteiger partial charge in [0, 0.05) is 20.1 Å². The SMILES string of the molecule is CC/C=C/CC.CCC(C)(C)C(=O)OC.CCC(C)(C)C(=O)OC.CCC(C)(C)C(=O)OCCO.CCC(C)(C)C(=O)OCCOCCOC.CCC(C)(C)C(=O)OCCOCCOCCOCCOC.CCC(C)(C)C(=O)Oc1ccccc1.CCC(C)C#N. The summed E-state index contributed by atoms with van der Waals surface area (Å²) in [5.74, 6) is -0.183. The van der Waals surface area contributed by atoms with Gasteiger partial charge in [0.15, 0.2) is 0 Å². The van der Waals surface area contributed by atoms with Crippen molar-refractivity contribution in [3.63, 3.8) is 0 Å². The van der Waals surface area contributed by atoms with E-state index in [0.717, 1.165) is 44.9 Å². The number of rotatable bonds is 36. The second-order valence-corrected chi connectivity index (χ2v) is 24.4. The van der Waals surface area contributed by atoms with Crippen molar-refractivity contribution in [2.24, 2.45) is 38.4 Å². The molecule has 0 aliphatic heterocycles. The number of aliphatic hydroxyl groups is 1. The van der Waals surface area contributed by atoms with E-state index in [-0.39, 0.29) is 72.4 Å². The third-order valence-electron chi connectivity index (χ3n) is 14.3. The van der Waals surface area contributed by atoms with Crippen LogP contribution in [0.5, 0.6) is 5.75 Å². The molecule has 0 bridgehead atoms. The maximum atomic E-state index is 11.7. The van der Waals surface area contributed by atoms with Gasteiger partial charge in [-0.3, -0.25) is 28.8 Å². The van der Waals surface area contributed by atoms with Crippen molar-refractivity contribution in [3.05, 3.63) is 42.5 Å². The molecule has 1 aromatic rings. The normalized spacial score (nSPS) is 11.4. The summed E-state index contributed by atoms with van der Waals surface area (Å²) < 4.78 is 60.0. The minimum absolute atomic E-state index is 0.0995. The number of nitriles is 1. The van der Waals surface area contributed by atoms with Crippen LogP contribution < -0.4 is 4.74 Å². The number of hydrogen-bond acceptors (Lipinski definition) is 20. The van der Waals surface area contributed by atoms with Crippen molar-refractivity contribution in [1.82, 2.24) is 0 Å². The number of hydrogen-bond donors (Lipinski definition) is 1. The highest BCUT2D eigenvalue weighted by atomic mass is 16.6. The first kappa shape index (κ1) is 99.5. The van der Waals surface area contributed by atoms with Gasteiger partial charge in [-0.2, -0.15) is 5.26 Å².